The number of rotatable bonds is 5. The Bertz CT molecular complexity index is 1370. The van der Waals surface area contributed by atoms with Gasteiger partial charge in [-0.05, 0) is 66.6 Å². The number of carbonyl (C=O) groups is 1. The van der Waals surface area contributed by atoms with Gasteiger partial charge < -0.3 is 9.88 Å². The summed E-state index contributed by atoms with van der Waals surface area (Å²) in [5, 5.41) is 4.32. The van der Waals surface area contributed by atoms with Crippen molar-refractivity contribution in [3.63, 3.8) is 0 Å². The van der Waals surface area contributed by atoms with Crippen LogP contribution in [0.15, 0.2) is 60.9 Å². The number of amides is 1. The molecular formula is C28H28F3N3O. The van der Waals surface area contributed by atoms with Crippen molar-refractivity contribution in [2.45, 2.75) is 45.3 Å². The van der Waals surface area contributed by atoms with Crippen molar-refractivity contribution >= 4 is 27.7 Å². The Balaban J connectivity index is 1.47. The molecule has 2 heterocycles. The van der Waals surface area contributed by atoms with Gasteiger partial charge in [0.1, 0.15) is 0 Å². The Morgan fingerprint density at radius 2 is 1.86 bits per heavy atom. The molecule has 2 aromatic heterocycles. The van der Waals surface area contributed by atoms with E-state index in [2.05, 4.69) is 17.2 Å². The van der Waals surface area contributed by atoms with Gasteiger partial charge in [0.15, 0.2) is 0 Å². The van der Waals surface area contributed by atoms with Gasteiger partial charge in [0, 0.05) is 36.3 Å². The SMILES string of the molecule is CC1CCC(CNC(=O)c2cc(C(F)(F)F)cc3ccn(Cc4ccc5ncccc5c4)c23)CC1. The van der Waals surface area contributed by atoms with Crippen molar-refractivity contribution in [2.75, 3.05) is 6.54 Å². The van der Waals surface area contributed by atoms with Crippen molar-refractivity contribution < 1.29 is 18.0 Å². The second-order valence-electron chi connectivity index (χ2n) is 9.77. The molecule has 0 saturated heterocycles. The van der Waals surface area contributed by atoms with Crippen LogP contribution in [0.5, 0.6) is 0 Å². The molecule has 35 heavy (non-hydrogen) atoms. The normalized spacial score (nSPS) is 18.7. The van der Waals surface area contributed by atoms with E-state index in [0.717, 1.165) is 54.3 Å². The quantitative estimate of drug-likeness (QED) is 0.342. The first-order valence-corrected chi connectivity index (χ1v) is 12.1. The number of fused-ring (bicyclic) bond motifs is 2. The van der Waals surface area contributed by atoms with E-state index < -0.39 is 17.6 Å². The molecule has 0 bridgehead atoms. The number of pyridine rings is 1. The van der Waals surface area contributed by atoms with Gasteiger partial charge in [0.05, 0.1) is 22.2 Å². The maximum Gasteiger partial charge on any atom is 0.416 e. The van der Waals surface area contributed by atoms with Gasteiger partial charge in [0.25, 0.3) is 5.91 Å². The lowest BCUT2D eigenvalue weighted by atomic mass is 9.83. The third kappa shape index (κ3) is 5.04. The first kappa shape index (κ1) is 23.4. The molecule has 0 radical (unpaired) electrons. The molecule has 0 atom stereocenters. The number of carbonyl (C=O) groups excluding carboxylic acids is 1. The number of benzene rings is 2. The summed E-state index contributed by atoms with van der Waals surface area (Å²) >= 11 is 0. The summed E-state index contributed by atoms with van der Waals surface area (Å²) in [6.07, 6.45) is 3.27. The van der Waals surface area contributed by atoms with Gasteiger partial charge >= 0.3 is 6.18 Å². The largest absolute Gasteiger partial charge is 0.416 e. The molecule has 2 aromatic carbocycles. The lowest BCUT2D eigenvalue weighted by molar-refractivity contribution is -0.137. The smallest absolute Gasteiger partial charge is 0.352 e. The van der Waals surface area contributed by atoms with Gasteiger partial charge in [0.2, 0.25) is 0 Å². The fourth-order valence-corrected chi connectivity index (χ4v) is 5.10. The summed E-state index contributed by atoms with van der Waals surface area (Å²) in [5.41, 5.74) is 1.62. The number of aromatic nitrogens is 2. The van der Waals surface area contributed by atoms with E-state index in [0.29, 0.717) is 35.8 Å². The van der Waals surface area contributed by atoms with Crippen LogP contribution < -0.4 is 5.32 Å². The summed E-state index contributed by atoms with van der Waals surface area (Å²) in [6, 6.07) is 13.5. The molecule has 0 unspecified atom stereocenters. The molecule has 4 aromatic rings. The minimum atomic E-state index is -4.53. The average Bonchev–Trinajstić information content (AvgIpc) is 3.25. The Hall–Kier alpha value is -3.35. The molecule has 4 nitrogen and oxygen atoms in total. The molecule has 0 spiro atoms. The number of halogens is 3. The maximum absolute atomic E-state index is 13.6. The molecule has 1 fully saturated rings. The lowest BCUT2D eigenvalue weighted by Crippen LogP contribution is -2.31. The van der Waals surface area contributed by atoms with Gasteiger partial charge in [-0.1, -0.05) is 31.9 Å². The van der Waals surface area contributed by atoms with Crippen LogP contribution in [0.25, 0.3) is 21.8 Å². The van der Waals surface area contributed by atoms with Gasteiger partial charge in [-0.3, -0.25) is 9.78 Å². The van der Waals surface area contributed by atoms with Crippen LogP contribution in [-0.4, -0.2) is 22.0 Å². The molecule has 5 rings (SSSR count). The monoisotopic (exact) mass is 479 g/mol. The van der Waals surface area contributed by atoms with Gasteiger partial charge in [-0.25, -0.2) is 0 Å². The highest BCUT2D eigenvalue weighted by molar-refractivity contribution is 6.06. The molecule has 0 aliphatic heterocycles. The molecular weight excluding hydrogens is 451 g/mol. The van der Waals surface area contributed by atoms with Crippen molar-refractivity contribution in [2.24, 2.45) is 11.8 Å². The van der Waals surface area contributed by atoms with E-state index in [1.54, 1.807) is 18.5 Å². The Morgan fingerprint density at radius 3 is 2.63 bits per heavy atom. The molecule has 7 heteroatoms. The summed E-state index contributed by atoms with van der Waals surface area (Å²) in [5.74, 6) is 0.607. The van der Waals surface area contributed by atoms with Gasteiger partial charge in [-0.2, -0.15) is 13.2 Å². The fourth-order valence-electron chi connectivity index (χ4n) is 5.10. The third-order valence-electron chi connectivity index (χ3n) is 7.14. The number of nitrogens with zero attached hydrogens (tertiary/aromatic N) is 2. The second-order valence-corrected chi connectivity index (χ2v) is 9.77. The zero-order valence-electron chi connectivity index (χ0n) is 19.6. The minimum absolute atomic E-state index is 0.0615. The van der Waals surface area contributed by atoms with Crippen LogP contribution in [0, 0.1) is 11.8 Å². The fraction of sp³-hybridized carbons (Fsp3) is 0.357. The minimum Gasteiger partial charge on any atom is -0.352 e. The number of hydrogen-bond donors (Lipinski definition) is 1. The maximum atomic E-state index is 13.6. The molecule has 1 saturated carbocycles. The second kappa shape index (κ2) is 9.36. The lowest BCUT2D eigenvalue weighted by Gasteiger charge is -2.26. The van der Waals surface area contributed by atoms with Crippen LogP contribution in [-0.2, 0) is 12.7 Å². The first-order valence-electron chi connectivity index (χ1n) is 12.1. The molecule has 1 aliphatic carbocycles. The first-order chi connectivity index (χ1) is 16.8. The van der Waals surface area contributed by atoms with E-state index in [1.807, 2.05) is 34.9 Å². The Labute approximate surface area is 202 Å². The summed E-state index contributed by atoms with van der Waals surface area (Å²) in [4.78, 5) is 17.6. The van der Waals surface area contributed by atoms with E-state index >= 15 is 0 Å². The van der Waals surface area contributed by atoms with Crippen molar-refractivity contribution in [3.05, 3.63) is 77.6 Å². The van der Waals surface area contributed by atoms with Crippen LogP contribution in [0.1, 0.15) is 54.1 Å². The molecule has 1 N–H and O–H groups in total. The standard InChI is InChI=1S/C28H28F3N3O/c1-18-4-6-19(7-5-18)16-33-27(35)24-15-23(28(29,30)31)14-22-10-12-34(26(22)24)17-20-8-9-25-21(13-20)3-2-11-32-25/h2-3,8-15,18-19H,4-7,16-17H2,1H3,(H,33,35). The van der Waals surface area contributed by atoms with Gasteiger partial charge in [-0.15, -0.1) is 0 Å². The van der Waals surface area contributed by atoms with E-state index in [-0.39, 0.29) is 5.56 Å². The highest BCUT2D eigenvalue weighted by Crippen LogP contribution is 2.34. The number of nitrogens with one attached hydrogen (secondary N) is 1. The van der Waals surface area contributed by atoms with E-state index in [9.17, 15) is 18.0 Å². The number of alkyl halides is 3. The third-order valence-corrected chi connectivity index (χ3v) is 7.14. The highest BCUT2D eigenvalue weighted by Gasteiger charge is 2.33. The number of hydrogen-bond acceptors (Lipinski definition) is 2. The summed E-state index contributed by atoms with van der Waals surface area (Å²) < 4.78 is 42.7. The van der Waals surface area contributed by atoms with Crippen molar-refractivity contribution in [1.29, 1.82) is 0 Å². The molecule has 182 valence electrons. The van der Waals surface area contributed by atoms with Crippen LogP contribution >= 0.6 is 0 Å². The summed E-state index contributed by atoms with van der Waals surface area (Å²) in [7, 11) is 0. The van der Waals surface area contributed by atoms with E-state index in [1.165, 1.54) is 0 Å². The Kier molecular flexibility index (Phi) is 6.26. The predicted octanol–water partition coefficient (Wildman–Crippen LogP) is 6.81. The average molecular weight is 480 g/mol. The predicted molar refractivity (Wildman–Crippen MR) is 131 cm³/mol. The Morgan fingerprint density at radius 1 is 1.06 bits per heavy atom. The zero-order valence-corrected chi connectivity index (χ0v) is 19.6. The topological polar surface area (TPSA) is 46.9 Å². The highest BCUT2D eigenvalue weighted by atomic mass is 19.4. The van der Waals surface area contributed by atoms with Crippen LogP contribution in [0.2, 0.25) is 0 Å². The van der Waals surface area contributed by atoms with Crippen molar-refractivity contribution in [3.8, 4) is 0 Å². The molecule has 1 amide bonds. The summed E-state index contributed by atoms with van der Waals surface area (Å²) in [6.45, 7) is 3.15. The van der Waals surface area contributed by atoms with Crippen molar-refractivity contribution in [1.82, 2.24) is 14.9 Å². The van der Waals surface area contributed by atoms with Crippen LogP contribution in [0.3, 0.4) is 0 Å². The molecule has 1 aliphatic rings. The zero-order chi connectivity index (χ0) is 24.6. The van der Waals surface area contributed by atoms with E-state index in [4.69, 9.17) is 0 Å². The van der Waals surface area contributed by atoms with Crippen LogP contribution in [0.4, 0.5) is 13.2 Å².